The third-order valence-corrected chi connectivity index (χ3v) is 6.31. The minimum absolute atomic E-state index is 0.147. The molecule has 0 radical (unpaired) electrons. The summed E-state index contributed by atoms with van der Waals surface area (Å²) in [7, 11) is 0. The molecule has 1 amide bonds. The van der Waals surface area contributed by atoms with E-state index < -0.39 is 0 Å². The molecule has 0 bridgehead atoms. The molecule has 0 aliphatic carbocycles. The Kier molecular flexibility index (Phi) is 6.59. The van der Waals surface area contributed by atoms with Crippen molar-refractivity contribution in [1.29, 1.82) is 0 Å². The van der Waals surface area contributed by atoms with Gasteiger partial charge in [0.15, 0.2) is 5.16 Å². The number of aryl methyl sites for hydroxylation is 1. The van der Waals surface area contributed by atoms with Crippen LogP contribution in [0.4, 0.5) is 11.8 Å². The molecule has 0 unspecified atom stereocenters. The molecule has 1 aliphatic rings. The first-order chi connectivity index (χ1) is 16.7. The number of anilines is 2. The number of amides is 1. The number of nitrogens with one attached hydrogen (secondary N) is 1. The molecule has 1 aliphatic heterocycles. The summed E-state index contributed by atoms with van der Waals surface area (Å²) in [5.74, 6) is 0.983. The summed E-state index contributed by atoms with van der Waals surface area (Å²) in [4.78, 5) is 14.8. The van der Waals surface area contributed by atoms with E-state index in [1.54, 1.807) is 6.07 Å². The van der Waals surface area contributed by atoms with Gasteiger partial charge in [-0.25, -0.2) is 0 Å². The molecule has 2 aromatic heterocycles. The predicted molar refractivity (Wildman–Crippen MR) is 130 cm³/mol. The van der Waals surface area contributed by atoms with Crippen LogP contribution in [0.1, 0.15) is 5.56 Å². The Morgan fingerprint density at radius 3 is 2.59 bits per heavy atom. The van der Waals surface area contributed by atoms with E-state index in [1.165, 1.54) is 11.8 Å². The number of carbonyl (C=O) groups is 1. The van der Waals surface area contributed by atoms with Crippen LogP contribution in [0, 0.1) is 6.92 Å². The molecular weight excluding hydrogens is 452 g/mol. The molecule has 174 valence electrons. The average molecular weight is 477 g/mol. The quantitative estimate of drug-likeness (QED) is 0.402. The van der Waals surface area contributed by atoms with Crippen LogP contribution in [0.5, 0.6) is 0 Å². The minimum atomic E-state index is -0.216. The fourth-order valence-electron chi connectivity index (χ4n) is 3.62. The molecular formula is C24H24N6O3S. The zero-order chi connectivity index (χ0) is 23.3. The van der Waals surface area contributed by atoms with Crippen LogP contribution < -0.4 is 10.2 Å². The monoisotopic (exact) mass is 476 g/mol. The average Bonchev–Trinajstić information content (AvgIpc) is 3.51. The highest BCUT2D eigenvalue weighted by atomic mass is 32.2. The van der Waals surface area contributed by atoms with Crippen LogP contribution in [-0.2, 0) is 9.53 Å². The van der Waals surface area contributed by atoms with Gasteiger partial charge < -0.3 is 14.2 Å². The van der Waals surface area contributed by atoms with E-state index in [0.29, 0.717) is 29.9 Å². The van der Waals surface area contributed by atoms with Crippen molar-refractivity contribution in [2.75, 3.05) is 42.3 Å². The van der Waals surface area contributed by atoms with E-state index in [-0.39, 0.29) is 11.7 Å². The van der Waals surface area contributed by atoms with E-state index in [0.717, 1.165) is 35.9 Å². The van der Waals surface area contributed by atoms with Crippen LogP contribution in [0.2, 0.25) is 0 Å². The number of carbonyl (C=O) groups excluding carboxylic acids is 1. The van der Waals surface area contributed by atoms with Crippen molar-refractivity contribution < 1.29 is 14.1 Å². The van der Waals surface area contributed by atoms with Crippen molar-refractivity contribution >= 4 is 29.5 Å². The maximum atomic E-state index is 12.6. The lowest BCUT2D eigenvalue weighted by Gasteiger charge is -2.27. The number of hydrogen-bond acceptors (Lipinski definition) is 8. The first kappa shape index (κ1) is 22.2. The predicted octanol–water partition coefficient (Wildman–Crippen LogP) is 3.80. The van der Waals surface area contributed by atoms with Gasteiger partial charge in [-0.15, -0.1) is 10.2 Å². The van der Waals surface area contributed by atoms with Crippen LogP contribution in [0.25, 0.3) is 16.9 Å². The topological polar surface area (TPSA) is 98.3 Å². The number of benzene rings is 2. The van der Waals surface area contributed by atoms with Gasteiger partial charge in [-0.1, -0.05) is 64.9 Å². The zero-order valence-corrected chi connectivity index (χ0v) is 19.5. The zero-order valence-electron chi connectivity index (χ0n) is 18.7. The van der Waals surface area contributed by atoms with Crippen molar-refractivity contribution in [3.05, 3.63) is 66.2 Å². The van der Waals surface area contributed by atoms with Crippen molar-refractivity contribution in [2.24, 2.45) is 0 Å². The fraction of sp³-hybridized carbons (Fsp3) is 0.250. The SMILES string of the molecule is Cc1ccc(-c2cc(NC(=O)CSc3nnc(N4CCOCC4)n3-c3ccccc3)on2)cc1. The van der Waals surface area contributed by atoms with Gasteiger partial charge in [0.05, 0.1) is 24.7 Å². The van der Waals surface area contributed by atoms with Gasteiger partial charge in [-0.2, -0.15) is 0 Å². The minimum Gasteiger partial charge on any atom is -0.378 e. The third kappa shape index (κ3) is 4.97. The lowest BCUT2D eigenvalue weighted by molar-refractivity contribution is -0.113. The second-order valence-corrected chi connectivity index (χ2v) is 8.77. The smallest absolute Gasteiger partial charge is 0.237 e. The molecule has 9 nitrogen and oxygen atoms in total. The van der Waals surface area contributed by atoms with Gasteiger partial charge >= 0.3 is 0 Å². The number of aromatic nitrogens is 4. The lowest BCUT2D eigenvalue weighted by atomic mass is 10.1. The van der Waals surface area contributed by atoms with Gasteiger partial charge in [0.2, 0.25) is 17.7 Å². The Morgan fingerprint density at radius 2 is 1.82 bits per heavy atom. The van der Waals surface area contributed by atoms with Crippen molar-refractivity contribution in [3.8, 4) is 16.9 Å². The molecule has 34 heavy (non-hydrogen) atoms. The molecule has 3 heterocycles. The number of ether oxygens (including phenoxy) is 1. The van der Waals surface area contributed by atoms with E-state index in [4.69, 9.17) is 9.26 Å². The summed E-state index contributed by atoms with van der Waals surface area (Å²) < 4.78 is 12.8. The second-order valence-electron chi connectivity index (χ2n) is 7.83. The van der Waals surface area contributed by atoms with E-state index in [9.17, 15) is 4.79 Å². The Morgan fingerprint density at radius 1 is 1.06 bits per heavy atom. The normalized spacial score (nSPS) is 13.7. The number of morpholine rings is 1. The van der Waals surface area contributed by atoms with Crippen molar-refractivity contribution in [3.63, 3.8) is 0 Å². The second kappa shape index (κ2) is 10.1. The van der Waals surface area contributed by atoms with E-state index in [2.05, 4.69) is 25.6 Å². The highest BCUT2D eigenvalue weighted by molar-refractivity contribution is 7.99. The van der Waals surface area contributed by atoms with Gasteiger partial charge in [-0.05, 0) is 19.1 Å². The van der Waals surface area contributed by atoms with Crippen LogP contribution in [-0.4, -0.2) is 57.9 Å². The van der Waals surface area contributed by atoms with Crippen LogP contribution in [0.3, 0.4) is 0 Å². The Hall–Kier alpha value is -3.63. The highest BCUT2D eigenvalue weighted by Crippen LogP contribution is 2.28. The largest absolute Gasteiger partial charge is 0.378 e. The molecule has 1 fully saturated rings. The summed E-state index contributed by atoms with van der Waals surface area (Å²) >= 11 is 1.32. The lowest BCUT2D eigenvalue weighted by Crippen LogP contribution is -2.37. The molecule has 4 aromatic rings. The maximum absolute atomic E-state index is 12.6. The maximum Gasteiger partial charge on any atom is 0.237 e. The van der Waals surface area contributed by atoms with Gasteiger partial charge in [0.1, 0.15) is 5.69 Å². The third-order valence-electron chi connectivity index (χ3n) is 5.38. The van der Waals surface area contributed by atoms with Crippen LogP contribution in [0.15, 0.2) is 70.3 Å². The molecule has 0 saturated carbocycles. The Balaban J connectivity index is 1.28. The molecule has 1 saturated heterocycles. The first-order valence-electron chi connectivity index (χ1n) is 11.0. The molecule has 0 spiro atoms. The number of hydrogen-bond donors (Lipinski definition) is 1. The van der Waals surface area contributed by atoms with E-state index in [1.807, 2.05) is 66.1 Å². The van der Waals surface area contributed by atoms with Crippen molar-refractivity contribution in [2.45, 2.75) is 12.1 Å². The fourth-order valence-corrected chi connectivity index (χ4v) is 4.37. The van der Waals surface area contributed by atoms with Gasteiger partial charge in [0.25, 0.3) is 0 Å². The van der Waals surface area contributed by atoms with Crippen LogP contribution >= 0.6 is 11.8 Å². The summed E-state index contributed by atoms with van der Waals surface area (Å²) in [6.45, 7) is 4.80. The molecule has 10 heteroatoms. The molecule has 1 N–H and O–H groups in total. The Bertz CT molecular complexity index is 1250. The summed E-state index contributed by atoms with van der Waals surface area (Å²) in [5, 5.41) is 16.3. The van der Waals surface area contributed by atoms with Crippen molar-refractivity contribution in [1.82, 2.24) is 19.9 Å². The summed E-state index contributed by atoms with van der Waals surface area (Å²) in [6.07, 6.45) is 0. The number of rotatable bonds is 7. The molecule has 5 rings (SSSR count). The molecule has 0 atom stereocenters. The standard InChI is InChI=1S/C24H24N6O3S/c1-17-7-9-18(10-8-17)20-15-22(33-28-20)25-21(31)16-34-24-27-26-23(29-11-13-32-14-12-29)30(24)19-5-3-2-4-6-19/h2-10,15H,11-14,16H2,1H3,(H,25,31). The number of para-hydroxylation sites is 1. The van der Waals surface area contributed by atoms with E-state index >= 15 is 0 Å². The van der Waals surface area contributed by atoms with Gasteiger partial charge in [-0.3, -0.25) is 14.7 Å². The summed E-state index contributed by atoms with van der Waals surface area (Å²) in [6, 6.07) is 19.6. The Labute approximate surface area is 201 Å². The summed E-state index contributed by atoms with van der Waals surface area (Å²) in [5.41, 5.74) is 3.70. The number of nitrogens with zero attached hydrogens (tertiary/aromatic N) is 5. The highest BCUT2D eigenvalue weighted by Gasteiger charge is 2.22. The first-order valence-corrected chi connectivity index (χ1v) is 12.0. The number of thioether (sulfide) groups is 1. The molecule has 2 aromatic carbocycles. The van der Waals surface area contributed by atoms with Gasteiger partial charge in [0, 0.05) is 24.7 Å².